The van der Waals surface area contributed by atoms with Gasteiger partial charge in [0.2, 0.25) is 5.91 Å². The predicted octanol–water partition coefficient (Wildman–Crippen LogP) is 3.87. The topological polar surface area (TPSA) is 58.6 Å². The molecule has 1 aliphatic rings. The third-order valence-corrected chi connectivity index (χ3v) is 4.48. The number of amides is 2. The number of fused-ring (bicyclic) bond motifs is 1. The summed E-state index contributed by atoms with van der Waals surface area (Å²) in [4.78, 5) is 26.5. The van der Waals surface area contributed by atoms with E-state index in [9.17, 15) is 9.59 Å². The average Bonchev–Trinajstić information content (AvgIpc) is 2.60. The number of carbonyl (C=O) groups is 2. The number of benzene rings is 2. The van der Waals surface area contributed by atoms with Crippen LogP contribution >= 0.6 is 0 Å². The van der Waals surface area contributed by atoms with E-state index in [0.29, 0.717) is 11.4 Å². The Morgan fingerprint density at radius 3 is 2.62 bits per heavy atom. The molecule has 0 fully saturated rings. The fourth-order valence-electron chi connectivity index (χ4n) is 3.11. The zero-order chi connectivity index (χ0) is 18.8. The Balaban J connectivity index is 1.85. The summed E-state index contributed by atoms with van der Waals surface area (Å²) in [7, 11) is 0. The summed E-state index contributed by atoms with van der Waals surface area (Å²) >= 11 is 0. The number of ether oxygens (including phenoxy) is 1. The minimum absolute atomic E-state index is 0.00555. The number of para-hydroxylation sites is 2. The number of hydrogen-bond acceptors (Lipinski definition) is 3. The van der Waals surface area contributed by atoms with Crippen molar-refractivity contribution in [2.45, 2.75) is 39.7 Å². The zero-order valence-electron chi connectivity index (χ0n) is 15.6. The summed E-state index contributed by atoms with van der Waals surface area (Å²) in [6.45, 7) is 7.90. The summed E-state index contributed by atoms with van der Waals surface area (Å²) in [5.41, 5.74) is 3.47. The van der Waals surface area contributed by atoms with Crippen LogP contribution in [-0.2, 0) is 9.59 Å². The molecule has 5 heteroatoms. The number of anilines is 2. The SMILES string of the molecule is Cc1ccc(C(C)C)c(OC(C)C(=O)N2CC(=O)Nc3ccccc32)c1. The third-order valence-electron chi connectivity index (χ3n) is 4.48. The molecule has 2 aromatic carbocycles. The molecule has 1 aliphatic heterocycles. The van der Waals surface area contributed by atoms with Gasteiger partial charge in [-0.25, -0.2) is 0 Å². The lowest BCUT2D eigenvalue weighted by Gasteiger charge is -2.31. The molecule has 1 atom stereocenters. The molecule has 2 aromatic rings. The molecule has 136 valence electrons. The molecule has 5 nitrogen and oxygen atoms in total. The Morgan fingerprint density at radius 2 is 1.88 bits per heavy atom. The van der Waals surface area contributed by atoms with E-state index in [1.165, 1.54) is 4.90 Å². The fourth-order valence-corrected chi connectivity index (χ4v) is 3.11. The van der Waals surface area contributed by atoms with Crippen molar-refractivity contribution in [1.82, 2.24) is 0 Å². The normalized spacial score (nSPS) is 14.7. The molecule has 0 bridgehead atoms. The van der Waals surface area contributed by atoms with Crippen LogP contribution < -0.4 is 15.0 Å². The van der Waals surface area contributed by atoms with E-state index in [4.69, 9.17) is 4.74 Å². The van der Waals surface area contributed by atoms with Gasteiger partial charge in [0.1, 0.15) is 12.3 Å². The number of rotatable bonds is 4. The lowest BCUT2D eigenvalue weighted by atomic mass is 10.0. The Hall–Kier alpha value is -2.82. The molecule has 0 saturated heterocycles. The number of nitrogens with one attached hydrogen (secondary N) is 1. The molecular weight excluding hydrogens is 328 g/mol. The number of aryl methyl sites for hydroxylation is 1. The van der Waals surface area contributed by atoms with Crippen LogP contribution in [-0.4, -0.2) is 24.5 Å². The average molecular weight is 352 g/mol. The quantitative estimate of drug-likeness (QED) is 0.909. The molecule has 1 heterocycles. The van der Waals surface area contributed by atoms with Crippen molar-refractivity contribution in [3.63, 3.8) is 0 Å². The van der Waals surface area contributed by atoms with Gasteiger partial charge in [-0.15, -0.1) is 0 Å². The van der Waals surface area contributed by atoms with E-state index in [1.54, 1.807) is 13.0 Å². The second-order valence-corrected chi connectivity index (χ2v) is 6.95. The lowest BCUT2D eigenvalue weighted by Crippen LogP contribution is -2.47. The highest BCUT2D eigenvalue weighted by Crippen LogP contribution is 2.31. The first-order valence-electron chi connectivity index (χ1n) is 8.84. The van der Waals surface area contributed by atoms with Crippen molar-refractivity contribution < 1.29 is 14.3 Å². The molecule has 0 aromatic heterocycles. The van der Waals surface area contributed by atoms with Crippen LogP contribution in [0.2, 0.25) is 0 Å². The number of nitrogens with zero attached hydrogens (tertiary/aromatic N) is 1. The first-order chi connectivity index (χ1) is 12.4. The van der Waals surface area contributed by atoms with Crippen LogP contribution in [0.4, 0.5) is 11.4 Å². The van der Waals surface area contributed by atoms with E-state index < -0.39 is 6.10 Å². The summed E-state index contributed by atoms with van der Waals surface area (Å²) in [5, 5.41) is 2.79. The molecule has 1 unspecified atom stereocenters. The Labute approximate surface area is 154 Å². The molecule has 0 radical (unpaired) electrons. The molecule has 1 N–H and O–H groups in total. The van der Waals surface area contributed by atoms with Gasteiger partial charge >= 0.3 is 0 Å². The fraction of sp³-hybridized carbons (Fsp3) is 0.333. The predicted molar refractivity (Wildman–Crippen MR) is 103 cm³/mol. The Bertz CT molecular complexity index is 845. The molecule has 2 amide bonds. The van der Waals surface area contributed by atoms with Gasteiger partial charge in [-0.3, -0.25) is 14.5 Å². The summed E-state index contributed by atoms with van der Waals surface area (Å²) in [5.74, 6) is 0.566. The van der Waals surface area contributed by atoms with Crippen LogP contribution in [0, 0.1) is 6.92 Å². The third kappa shape index (κ3) is 3.57. The summed E-state index contributed by atoms with van der Waals surface area (Å²) < 4.78 is 6.03. The summed E-state index contributed by atoms with van der Waals surface area (Å²) in [6.07, 6.45) is -0.701. The molecule has 3 rings (SSSR count). The van der Waals surface area contributed by atoms with Crippen molar-refractivity contribution in [3.05, 3.63) is 53.6 Å². The van der Waals surface area contributed by atoms with Gasteiger partial charge in [0.05, 0.1) is 11.4 Å². The maximum atomic E-state index is 13.0. The monoisotopic (exact) mass is 352 g/mol. The van der Waals surface area contributed by atoms with Crippen LogP contribution in [0.25, 0.3) is 0 Å². The maximum Gasteiger partial charge on any atom is 0.268 e. The second kappa shape index (κ2) is 7.20. The largest absolute Gasteiger partial charge is 0.481 e. The zero-order valence-corrected chi connectivity index (χ0v) is 15.6. The molecule has 0 aliphatic carbocycles. The van der Waals surface area contributed by atoms with E-state index >= 15 is 0 Å². The van der Waals surface area contributed by atoms with Crippen molar-refractivity contribution in [1.29, 1.82) is 0 Å². The van der Waals surface area contributed by atoms with Gasteiger partial charge in [0, 0.05) is 0 Å². The molecular formula is C21H24N2O3. The van der Waals surface area contributed by atoms with E-state index in [2.05, 4.69) is 19.2 Å². The van der Waals surface area contributed by atoms with Crippen molar-refractivity contribution >= 4 is 23.2 Å². The summed E-state index contributed by atoms with van der Waals surface area (Å²) in [6, 6.07) is 13.3. The van der Waals surface area contributed by atoms with E-state index in [-0.39, 0.29) is 24.3 Å². The molecule has 0 spiro atoms. The van der Waals surface area contributed by atoms with Crippen LogP contribution in [0.5, 0.6) is 5.75 Å². The van der Waals surface area contributed by atoms with Gasteiger partial charge in [-0.2, -0.15) is 0 Å². The van der Waals surface area contributed by atoms with Gasteiger partial charge in [-0.05, 0) is 49.1 Å². The van der Waals surface area contributed by atoms with Crippen LogP contribution in [0.1, 0.15) is 37.8 Å². The highest BCUT2D eigenvalue weighted by molar-refractivity contribution is 6.10. The standard InChI is InChI=1S/C21H24N2O3/c1-13(2)16-10-9-14(3)11-19(16)26-15(4)21(25)23-12-20(24)22-17-7-5-6-8-18(17)23/h5-11,13,15H,12H2,1-4H3,(H,22,24). The van der Waals surface area contributed by atoms with Gasteiger partial charge in [0.15, 0.2) is 6.10 Å². The van der Waals surface area contributed by atoms with Crippen molar-refractivity contribution in [3.8, 4) is 5.75 Å². The maximum absolute atomic E-state index is 13.0. The highest BCUT2D eigenvalue weighted by Gasteiger charge is 2.30. The first-order valence-corrected chi connectivity index (χ1v) is 8.84. The molecule has 0 saturated carbocycles. The van der Waals surface area contributed by atoms with Gasteiger partial charge in [-0.1, -0.05) is 38.1 Å². The smallest absolute Gasteiger partial charge is 0.268 e. The van der Waals surface area contributed by atoms with Gasteiger partial charge < -0.3 is 10.1 Å². The second-order valence-electron chi connectivity index (χ2n) is 6.95. The first kappa shape index (κ1) is 18.0. The lowest BCUT2D eigenvalue weighted by molar-refractivity contribution is -0.126. The number of hydrogen-bond donors (Lipinski definition) is 1. The minimum atomic E-state index is -0.701. The van der Waals surface area contributed by atoms with Crippen LogP contribution in [0.15, 0.2) is 42.5 Å². The Morgan fingerprint density at radius 1 is 1.15 bits per heavy atom. The van der Waals surface area contributed by atoms with Crippen molar-refractivity contribution in [2.75, 3.05) is 16.8 Å². The van der Waals surface area contributed by atoms with E-state index in [1.807, 2.05) is 43.3 Å². The van der Waals surface area contributed by atoms with Crippen molar-refractivity contribution in [2.24, 2.45) is 0 Å². The minimum Gasteiger partial charge on any atom is -0.481 e. The highest BCUT2D eigenvalue weighted by atomic mass is 16.5. The number of carbonyl (C=O) groups excluding carboxylic acids is 2. The van der Waals surface area contributed by atoms with E-state index in [0.717, 1.165) is 16.9 Å². The van der Waals surface area contributed by atoms with Crippen LogP contribution in [0.3, 0.4) is 0 Å². The Kier molecular flexibility index (Phi) is 4.98. The molecule has 26 heavy (non-hydrogen) atoms. The van der Waals surface area contributed by atoms with Gasteiger partial charge in [0.25, 0.3) is 5.91 Å².